The van der Waals surface area contributed by atoms with E-state index in [-0.39, 0.29) is 6.04 Å². The molecule has 0 bridgehead atoms. The maximum atomic E-state index is 6.05. The molecule has 0 saturated carbocycles. The van der Waals surface area contributed by atoms with Gasteiger partial charge in [-0.3, -0.25) is 4.90 Å². The van der Waals surface area contributed by atoms with Gasteiger partial charge in [0, 0.05) is 38.8 Å². The summed E-state index contributed by atoms with van der Waals surface area (Å²) in [5.74, 6) is 0.993. The van der Waals surface area contributed by atoms with E-state index in [4.69, 9.17) is 10.5 Å². The van der Waals surface area contributed by atoms with Gasteiger partial charge in [-0.05, 0) is 43.1 Å². The second-order valence-electron chi connectivity index (χ2n) is 6.00. The van der Waals surface area contributed by atoms with Gasteiger partial charge in [-0.25, -0.2) is 0 Å². The number of nitrogens with zero attached hydrogens (tertiary/aromatic N) is 2. The predicted octanol–water partition coefficient (Wildman–Crippen LogP) is 1.26. The van der Waals surface area contributed by atoms with Gasteiger partial charge in [0.25, 0.3) is 0 Å². The van der Waals surface area contributed by atoms with Crippen molar-refractivity contribution in [1.82, 2.24) is 9.80 Å². The minimum Gasteiger partial charge on any atom is -0.492 e. The Morgan fingerprint density at radius 2 is 2.05 bits per heavy atom. The van der Waals surface area contributed by atoms with Gasteiger partial charge in [-0.2, -0.15) is 0 Å². The molecule has 2 N–H and O–H groups in total. The lowest BCUT2D eigenvalue weighted by Gasteiger charge is -2.32. The molecular formula is C16H25N3O. The molecule has 0 amide bonds. The smallest absolute Gasteiger partial charge is 0.119 e. The lowest BCUT2D eigenvalue weighted by Crippen LogP contribution is -2.45. The van der Waals surface area contributed by atoms with Gasteiger partial charge >= 0.3 is 0 Å². The predicted molar refractivity (Wildman–Crippen MR) is 81.1 cm³/mol. The van der Waals surface area contributed by atoms with Crippen LogP contribution in [0.5, 0.6) is 5.75 Å². The Balaban J connectivity index is 1.47. The van der Waals surface area contributed by atoms with Crippen LogP contribution in [0.1, 0.15) is 23.6 Å². The summed E-state index contributed by atoms with van der Waals surface area (Å²) in [5.41, 5.74) is 8.73. The lowest BCUT2D eigenvalue weighted by atomic mass is 10.1. The molecule has 1 aliphatic heterocycles. The monoisotopic (exact) mass is 275 g/mol. The first-order valence-electron chi connectivity index (χ1n) is 7.64. The Bertz CT molecular complexity index is 455. The van der Waals surface area contributed by atoms with E-state index in [2.05, 4.69) is 35.0 Å². The zero-order valence-electron chi connectivity index (χ0n) is 12.3. The quantitative estimate of drug-likeness (QED) is 0.898. The SMILES string of the molecule is CN1CCN(CCOc2ccc3c(c2)CCC3N)CC1. The minimum atomic E-state index is 0.226. The highest BCUT2D eigenvalue weighted by Gasteiger charge is 2.19. The molecule has 0 aromatic heterocycles. The van der Waals surface area contributed by atoms with E-state index in [1.54, 1.807) is 0 Å². The zero-order valence-corrected chi connectivity index (χ0v) is 12.3. The van der Waals surface area contributed by atoms with E-state index in [1.807, 2.05) is 0 Å². The number of benzene rings is 1. The average molecular weight is 275 g/mol. The molecular weight excluding hydrogens is 250 g/mol. The molecule has 1 atom stereocenters. The molecule has 1 saturated heterocycles. The van der Waals surface area contributed by atoms with E-state index in [0.717, 1.165) is 57.9 Å². The van der Waals surface area contributed by atoms with Crippen LogP contribution in [-0.2, 0) is 6.42 Å². The molecule has 1 aromatic carbocycles. The summed E-state index contributed by atoms with van der Waals surface area (Å²) in [6.07, 6.45) is 2.16. The highest BCUT2D eigenvalue weighted by molar-refractivity contribution is 5.40. The molecule has 0 spiro atoms. The zero-order chi connectivity index (χ0) is 13.9. The van der Waals surface area contributed by atoms with E-state index >= 15 is 0 Å². The minimum absolute atomic E-state index is 0.226. The van der Waals surface area contributed by atoms with Crippen molar-refractivity contribution in [2.24, 2.45) is 5.73 Å². The van der Waals surface area contributed by atoms with Crippen molar-refractivity contribution in [3.63, 3.8) is 0 Å². The van der Waals surface area contributed by atoms with Gasteiger partial charge in [0.2, 0.25) is 0 Å². The second kappa shape index (κ2) is 6.12. The fourth-order valence-corrected chi connectivity index (χ4v) is 3.08. The third-order valence-electron chi connectivity index (χ3n) is 4.51. The summed E-state index contributed by atoms with van der Waals surface area (Å²) in [7, 11) is 2.18. The Kier molecular flexibility index (Phi) is 4.24. The van der Waals surface area contributed by atoms with Gasteiger partial charge in [-0.15, -0.1) is 0 Å². The maximum absolute atomic E-state index is 6.05. The number of ether oxygens (including phenoxy) is 1. The average Bonchev–Trinajstić information content (AvgIpc) is 2.82. The van der Waals surface area contributed by atoms with Crippen LogP contribution in [0, 0.1) is 0 Å². The Morgan fingerprint density at radius 3 is 2.85 bits per heavy atom. The summed E-state index contributed by atoms with van der Waals surface area (Å²) in [6.45, 7) is 6.42. The topological polar surface area (TPSA) is 41.7 Å². The molecule has 3 rings (SSSR count). The first kappa shape index (κ1) is 13.9. The van der Waals surface area contributed by atoms with Gasteiger partial charge < -0.3 is 15.4 Å². The number of hydrogen-bond donors (Lipinski definition) is 1. The molecule has 4 heteroatoms. The fraction of sp³-hybridized carbons (Fsp3) is 0.625. The van der Waals surface area contributed by atoms with Crippen molar-refractivity contribution in [3.05, 3.63) is 29.3 Å². The van der Waals surface area contributed by atoms with Crippen LogP contribution < -0.4 is 10.5 Å². The van der Waals surface area contributed by atoms with Crippen LogP contribution in [-0.4, -0.2) is 56.2 Å². The third-order valence-corrected chi connectivity index (χ3v) is 4.51. The van der Waals surface area contributed by atoms with Crippen molar-refractivity contribution < 1.29 is 4.74 Å². The molecule has 0 radical (unpaired) electrons. The third kappa shape index (κ3) is 3.14. The molecule has 1 aromatic rings. The molecule has 1 unspecified atom stereocenters. The lowest BCUT2D eigenvalue weighted by molar-refractivity contribution is 0.133. The van der Waals surface area contributed by atoms with Gasteiger partial charge in [0.1, 0.15) is 12.4 Å². The molecule has 2 aliphatic rings. The number of nitrogens with two attached hydrogens (primary N) is 1. The van der Waals surface area contributed by atoms with Crippen LogP contribution in [0.15, 0.2) is 18.2 Å². The highest BCUT2D eigenvalue weighted by Crippen LogP contribution is 2.31. The maximum Gasteiger partial charge on any atom is 0.119 e. The Morgan fingerprint density at radius 1 is 1.25 bits per heavy atom. The van der Waals surface area contributed by atoms with E-state index in [1.165, 1.54) is 11.1 Å². The molecule has 110 valence electrons. The number of piperazine rings is 1. The summed E-state index contributed by atoms with van der Waals surface area (Å²) in [4.78, 5) is 4.85. The van der Waals surface area contributed by atoms with Crippen molar-refractivity contribution >= 4 is 0 Å². The number of fused-ring (bicyclic) bond motifs is 1. The normalized spacial score (nSPS) is 23.8. The van der Waals surface area contributed by atoms with Gasteiger partial charge in [-0.1, -0.05) is 6.07 Å². The molecule has 1 heterocycles. The number of likely N-dealkylation sites (N-methyl/N-ethyl adjacent to an activating group) is 1. The van der Waals surface area contributed by atoms with Gasteiger partial charge in [0.15, 0.2) is 0 Å². The highest BCUT2D eigenvalue weighted by atomic mass is 16.5. The van der Waals surface area contributed by atoms with Crippen LogP contribution >= 0.6 is 0 Å². The Hall–Kier alpha value is -1.10. The summed E-state index contributed by atoms with van der Waals surface area (Å²) in [5, 5.41) is 0. The standard InChI is InChI=1S/C16H25N3O/c1-18-6-8-19(9-7-18)10-11-20-14-3-4-15-13(12-14)2-5-16(15)17/h3-4,12,16H,2,5-11,17H2,1H3. The summed E-state index contributed by atoms with van der Waals surface area (Å²) < 4.78 is 5.90. The van der Waals surface area contributed by atoms with Crippen molar-refractivity contribution in [2.45, 2.75) is 18.9 Å². The van der Waals surface area contributed by atoms with Gasteiger partial charge in [0.05, 0.1) is 0 Å². The number of aryl methyl sites for hydroxylation is 1. The molecule has 4 nitrogen and oxygen atoms in total. The van der Waals surface area contributed by atoms with Crippen molar-refractivity contribution in [2.75, 3.05) is 46.4 Å². The molecule has 1 aliphatic carbocycles. The Labute approximate surface area is 121 Å². The first-order chi connectivity index (χ1) is 9.72. The van der Waals surface area contributed by atoms with Crippen LogP contribution in [0.4, 0.5) is 0 Å². The fourth-order valence-electron chi connectivity index (χ4n) is 3.08. The largest absolute Gasteiger partial charge is 0.492 e. The van der Waals surface area contributed by atoms with Crippen molar-refractivity contribution in [3.8, 4) is 5.75 Å². The first-order valence-corrected chi connectivity index (χ1v) is 7.64. The van der Waals surface area contributed by atoms with E-state index in [9.17, 15) is 0 Å². The molecule has 1 fully saturated rings. The van der Waals surface area contributed by atoms with Crippen LogP contribution in [0.2, 0.25) is 0 Å². The van der Waals surface area contributed by atoms with E-state index in [0.29, 0.717) is 0 Å². The number of rotatable bonds is 4. The van der Waals surface area contributed by atoms with Crippen LogP contribution in [0.3, 0.4) is 0 Å². The summed E-state index contributed by atoms with van der Waals surface area (Å²) >= 11 is 0. The van der Waals surface area contributed by atoms with E-state index < -0.39 is 0 Å². The van der Waals surface area contributed by atoms with Crippen LogP contribution in [0.25, 0.3) is 0 Å². The summed E-state index contributed by atoms with van der Waals surface area (Å²) in [6, 6.07) is 6.60. The number of hydrogen-bond acceptors (Lipinski definition) is 4. The van der Waals surface area contributed by atoms with Crippen molar-refractivity contribution in [1.29, 1.82) is 0 Å². The second-order valence-corrected chi connectivity index (χ2v) is 6.00. The molecule has 20 heavy (non-hydrogen) atoms.